The number of nitrogens with zero attached hydrogens (tertiary/aromatic N) is 2. The first-order valence-corrected chi connectivity index (χ1v) is 5.38. The van der Waals surface area contributed by atoms with Crippen LogP contribution in [0.15, 0.2) is 18.2 Å². The van der Waals surface area contributed by atoms with E-state index < -0.39 is 0 Å². The number of hydrogen-bond donors (Lipinski definition) is 0. The first-order chi connectivity index (χ1) is 6.63. The molecule has 2 nitrogen and oxygen atoms in total. The van der Waals surface area contributed by atoms with Crippen molar-refractivity contribution in [2.24, 2.45) is 5.92 Å². The van der Waals surface area contributed by atoms with E-state index >= 15 is 0 Å². The molecule has 0 radical (unpaired) electrons. The summed E-state index contributed by atoms with van der Waals surface area (Å²) in [6.45, 7) is 8.51. The Balaban J connectivity index is 2.78. The van der Waals surface area contributed by atoms with Gasteiger partial charge in [-0.3, -0.25) is 0 Å². The normalized spacial score (nSPS) is 10.6. The van der Waals surface area contributed by atoms with Gasteiger partial charge in [0.1, 0.15) is 11.0 Å². The zero-order valence-electron chi connectivity index (χ0n) is 9.00. The quantitative estimate of drug-likeness (QED) is 0.713. The van der Waals surface area contributed by atoms with Crippen molar-refractivity contribution >= 4 is 17.4 Å². The maximum atomic E-state index is 5.84. The van der Waals surface area contributed by atoms with Crippen molar-refractivity contribution in [3.05, 3.63) is 23.4 Å². The minimum Gasteiger partial charge on any atom is -0.357 e. The van der Waals surface area contributed by atoms with Gasteiger partial charge in [0.25, 0.3) is 0 Å². The van der Waals surface area contributed by atoms with E-state index in [1.807, 2.05) is 12.1 Å². The van der Waals surface area contributed by atoms with Crippen molar-refractivity contribution in [2.45, 2.75) is 20.8 Å². The molecule has 0 aliphatic heterocycles. The maximum absolute atomic E-state index is 5.84. The molecule has 1 aromatic heterocycles. The van der Waals surface area contributed by atoms with Crippen LogP contribution in [0.1, 0.15) is 20.8 Å². The van der Waals surface area contributed by atoms with Gasteiger partial charge in [-0.2, -0.15) is 0 Å². The van der Waals surface area contributed by atoms with Gasteiger partial charge in [-0.25, -0.2) is 4.98 Å². The first-order valence-electron chi connectivity index (χ1n) is 5.01. The lowest BCUT2D eigenvalue weighted by Gasteiger charge is -2.23. The Morgan fingerprint density at radius 3 is 2.64 bits per heavy atom. The monoisotopic (exact) mass is 212 g/mol. The Morgan fingerprint density at radius 2 is 2.14 bits per heavy atom. The summed E-state index contributed by atoms with van der Waals surface area (Å²) < 4.78 is 0. The molecule has 0 unspecified atom stereocenters. The largest absolute Gasteiger partial charge is 0.357 e. The molecular formula is C11H17ClN2. The zero-order chi connectivity index (χ0) is 10.6. The number of anilines is 1. The van der Waals surface area contributed by atoms with Gasteiger partial charge in [0.15, 0.2) is 0 Å². The smallest absolute Gasteiger partial charge is 0.131 e. The summed E-state index contributed by atoms with van der Waals surface area (Å²) in [6.07, 6.45) is 0. The summed E-state index contributed by atoms with van der Waals surface area (Å²) in [4.78, 5) is 6.52. The maximum Gasteiger partial charge on any atom is 0.131 e. The highest BCUT2D eigenvalue weighted by atomic mass is 35.5. The van der Waals surface area contributed by atoms with Crippen LogP contribution in [-0.2, 0) is 0 Å². The third-order valence-electron chi connectivity index (χ3n) is 1.99. The van der Waals surface area contributed by atoms with Crippen LogP contribution in [0.25, 0.3) is 0 Å². The van der Waals surface area contributed by atoms with Crippen molar-refractivity contribution in [1.82, 2.24) is 4.98 Å². The van der Waals surface area contributed by atoms with E-state index in [0.717, 1.165) is 18.9 Å². The predicted molar refractivity (Wildman–Crippen MR) is 62.0 cm³/mol. The van der Waals surface area contributed by atoms with E-state index in [1.165, 1.54) is 0 Å². The topological polar surface area (TPSA) is 16.1 Å². The molecule has 0 saturated carbocycles. The van der Waals surface area contributed by atoms with Crippen molar-refractivity contribution in [3.8, 4) is 0 Å². The van der Waals surface area contributed by atoms with Gasteiger partial charge in [0.2, 0.25) is 0 Å². The van der Waals surface area contributed by atoms with Crippen LogP contribution in [0.2, 0.25) is 5.15 Å². The molecular weight excluding hydrogens is 196 g/mol. The highest BCUT2D eigenvalue weighted by Crippen LogP contribution is 2.15. The first kappa shape index (κ1) is 11.3. The highest BCUT2D eigenvalue weighted by Gasteiger charge is 2.07. The van der Waals surface area contributed by atoms with Crippen molar-refractivity contribution in [3.63, 3.8) is 0 Å². The minimum absolute atomic E-state index is 0.560. The fourth-order valence-corrected chi connectivity index (χ4v) is 1.56. The van der Waals surface area contributed by atoms with Gasteiger partial charge in [-0.1, -0.05) is 31.5 Å². The van der Waals surface area contributed by atoms with Gasteiger partial charge in [-0.15, -0.1) is 0 Å². The van der Waals surface area contributed by atoms with E-state index in [4.69, 9.17) is 11.6 Å². The van der Waals surface area contributed by atoms with Crippen LogP contribution in [0.3, 0.4) is 0 Å². The summed E-state index contributed by atoms with van der Waals surface area (Å²) in [5, 5.41) is 0.560. The van der Waals surface area contributed by atoms with Crippen molar-refractivity contribution < 1.29 is 0 Å². The van der Waals surface area contributed by atoms with Crippen LogP contribution < -0.4 is 4.90 Å². The second-order valence-corrected chi connectivity index (χ2v) is 4.14. The lowest BCUT2D eigenvalue weighted by atomic mass is 10.2. The number of hydrogen-bond acceptors (Lipinski definition) is 2. The zero-order valence-corrected chi connectivity index (χ0v) is 9.75. The Bertz CT molecular complexity index is 286. The number of rotatable bonds is 4. The van der Waals surface area contributed by atoms with Crippen molar-refractivity contribution in [1.29, 1.82) is 0 Å². The molecule has 3 heteroatoms. The summed E-state index contributed by atoms with van der Waals surface area (Å²) in [5.41, 5.74) is 0. The molecule has 0 atom stereocenters. The molecule has 0 saturated heterocycles. The Labute approximate surface area is 90.9 Å². The van der Waals surface area contributed by atoms with E-state index in [1.54, 1.807) is 6.07 Å². The summed E-state index contributed by atoms with van der Waals surface area (Å²) >= 11 is 5.84. The number of halogens is 1. The van der Waals surface area contributed by atoms with Crippen LogP contribution >= 0.6 is 11.6 Å². The van der Waals surface area contributed by atoms with Gasteiger partial charge in [0.05, 0.1) is 0 Å². The predicted octanol–water partition coefficient (Wildman–Crippen LogP) is 3.22. The molecule has 0 spiro atoms. The van der Waals surface area contributed by atoms with Gasteiger partial charge in [0, 0.05) is 13.1 Å². The molecule has 0 aliphatic rings. The fourth-order valence-electron chi connectivity index (χ4n) is 1.40. The molecule has 0 aliphatic carbocycles. The Hall–Kier alpha value is -0.760. The molecule has 0 aromatic carbocycles. The number of aromatic nitrogens is 1. The molecule has 14 heavy (non-hydrogen) atoms. The lowest BCUT2D eigenvalue weighted by molar-refractivity contribution is 0.614. The third kappa shape index (κ3) is 3.18. The minimum atomic E-state index is 0.560. The van der Waals surface area contributed by atoms with Gasteiger partial charge < -0.3 is 4.90 Å². The summed E-state index contributed by atoms with van der Waals surface area (Å²) in [6, 6.07) is 5.74. The third-order valence-corrected chi connectivity index (χ3v) is 2.20. The Morgan fingerprint density at radius 1 is 1.43 bits per heavy atom. The summed E-state index contributed by atoms with van der Waals surface area (Å²) in [5.74, 6) is 1.60. The lowest BCUT2D eigenvalue weighted by Crippen LogP contribution is -2.27. The SMILES string of the molecule is CCN(CC(C)C)c1cccc(Cl)n1. The molecule has 0 N–H and O–H groups in total. The molecule has 1 heterocycles. The van der Waals surface area contributed by atoms with Crippen LogP contribution in [0.5, 0.6) is 0 Å². The second kappa shape index (κ2) is 5.20. The molecule has 0 amide bonds. The van der Waals surface area contributed by atoms with Crippen LogP contribution in [0, 0.1) is 5.92 Å². The van der Waals surface area contributed by atoms with E-state index in [2.05, 4.69) is 30.7 Å². The average molecular weight is 213 g/mol. The van der Waals surface area contributed by atoms with E-state index in [9.17, 15) is 0 Å². The highest BCUT2D eigenvalue weighted by molar-refractivity contribution is 6.29. The standard InChI is InChI=1S/C11H17ClN2/c1-4-14(8-9(2)3)11-7-5-6-10(12)13-11/h5-7,9H,4,8H2,1-3H3. The Kier molecular flexibility index (Phi) is 4.21. The molecule has 1 aromatic rings. The van der Waals surface area contributed by atoms with E-state index in [-0.39, 0.29) is 0 Å². The van der Waals surface area contributed by atoms with Gasteiger partial charge in [-0.05, 0) is 25.0 Å². The molecule has 0 bridgehead atoms. The molecule has 78 valence electrons. The molecule has 1 rings (SSSR count). The second-order valence-electron chi connectivity index (χ2n) is 3.75. The average Bonchev–Trinajstić information content (AvgIpc) is 2.14. The fraction of sp³-hybridized carbons (Fsp3) is 0.545. The van der Waals surface area contributed by atoms with Crippen molar-refractivity contribution in [2.75, 3.05) is 18.0 Å². The van der Waals surface area contributed by atoms with E-state index in [0.29, 0.717) is 11.1 Å². The summed E-state index contributed by atoms with van der Waals surface area (Å²) in [7, 11) is 0. The van der Waals surface area contributed by atoms with Gasteiger partial charge >= 0.3 is 0 Å². The molecule has 0 fully saturated rings. The van der Waals surface area contributed by atoms with Crippen LogP contribution in [0.4, 0.5) is 5.82 Å². The van der Waals surface area contributed by atoms with Crippen LogP contribution in [-0.4, -0.2) is 18.1 Å². The number of pyridine rings is 1.